The average molecular weight is 300 g/mol. The van der Waals surface area contributed by atoms with Crippen LogP contribution < -0.4 is 5.32 Å². The third-order valence-corrected chi connectivity index (χ3v) is 5.02. The number of amides is 1. The lowest BCUT2D eigenvalue weighted by Crippen LogP contribution is -2.27. The van der Waals surface area contributed by atoms with Crippen molar-refractivity contribution < 1.29 is 9.59 Å². The van der Waals surface area contributed by atoms with Crippen molar-refractivity contribution in [2.75, 3.05) is 5.32 Å². The smallest absolute Gasteiger partial charge is 0.236 e. The number of anilines is 1. The fourth-order valence-electron chi connectivity index (χ4n) is 2.52. The summed E-state index contributed by atoms with van der Waals surface area (Å²) in [6.45, 7) is 3.30. The van der Waals surface area contributed by atoms with Crippen LogP contribution in [0.2, 0.25) is 0 Å². The lowest BCUT2D eigenvalue weighted by molar-refractivity contribution is -0.118. The molecule has 108 valence electrons. The first-order valence-electron chi connectivity index (χ1n) is 6.88. The van der Waals surface area contributed by atoms with E-state index >= 15 is 0 Å². The number of nitrogens with zero attached hydrogens (tertiary/aromatic N) is 1. The number of Topliss-reactive ketones (excluding diaryl/α,β-unsaturated/α-hetero) is 1. The number of hydrogen-bond acceptors (Lipinski definition) is 4. The largest absolute Gasteiger partial charge is 0.301 e. The molecule has 0 spiro atoms. The van der Waals surface area contributed by atoms with Gasteiger partial charge in [0.05, 0.1) is 16.0 Å². The second kappa shape index (κ2) is 5.07. The van der Waals surface area contributed by atoms with Crippen molar-refractivity contribution in [3.8, 4) is 0 Å². The summed E-state index contributed by atoms with van der Waals surface area (Å²) in [6, 6.07) is 9.82. The van der Waals surface area contributed by atoms with Gasteiger partial charge in [0.1, 0.15) is 0 Å². The van der Waals surface area contributed by atoms with E-state index in [-0.39, 0.29) is 11.7 Å². The number of ketones is 1. The summed E-state index contributed by atoms with van der Waals surface area (Å²) in [5.74, 6) is -0.0488. The highest BCUT2D eigenvalue weighted by Gasteiger charge is 2.51. The van der Waals surface area contributed by atoms with E-state index in [2.05, 4.69) is 10.3 Å². The molecule has 21 heavy (non-hydrogen) atoms. The minimum atomic E-state index is -0.419. The van der Waals surface area contributed by atoms with Gasteiger partial charge in [-0.15, -0.1) is 0 Å². The monoisotopic (exact) mass is 300 g/mol. The standard InChI is InChI=1S/C16H16N2O2S/c1-10-13(11(2)19)21-15(17-10)18-14(20)16(8-9-16)12-6-4-3-5-7-12/h3-7H,8-9H2,1-2H3,(H,17,18,20). The number of aryl methyl sites for hydroxylation is 1. The number of carbonyl (C=O) groups is 2. The van der Waals surface area contributed by atoms with Crippen LogP contribution in [0.3, 0.4) is 0 Å². The molecule has 1 aromatic carbocycles. The summed E-state index contributed by atoms with van der Waals surface area (Å²) in [5, 5.41) is 3.38. The molecule has 1 amide bonds. The van der Waals surface area contributed by atoms with Crippen LogP contribution in [0.5, 0.6) is 0 Å². The zero-order valence-corrected chi connectivity index (χ0v) is 12.8. The fourth-order valence-corrected chi connectivity index (χ4v) is 3.38. The van der Waals surface area contributed by atoms with Crippen molar-refractivity contribution in [3.63, 3.8) is 0 Å². The number of nitrogens with one attached hydrogen (secondary N) is 1. The van der Waals surface area contributed by atoms with Gasteiger partial charge in [0.2, 0.25) is 5.91 Å². The number of carbonyl (C=O) groups excluding carboxylic acids is 2. The Labute approximate surface area is 127 Å². The van der Waals surface area contributed by atoms with E-state index < -0.39 is 5.41 Å². The van der Waals surface area contributed by atoms with E-state index in [0.29, 0.717) is 15.7 Å². The minimum absolute atomic E-state index is 0.0188. The summed E-state index contributed by atoms with van der Waals surface area (Å²) in [6.07, 6.45) is 1.71. The van der Waals surface area contributed by atoms with Gasteiger partial charge in [0, 0.05) is 6.92 Å². The normalized spacial score (nSPS) is 15.5. The first-order chi connectivity index (χ1) is 10.0. The van der Waals surface area contributed by atoms with Gasteiger partial charge in [-0.3, -0.25) is 9.59 Å². The average Bonchev–Trinajstić information content (AvgIpc) is 3.19. The van der Waals surface area contributed by atoms with Gasteiger partial charge in [0.15, 0.2) is 10.9 Å². The number of thiazole rings is 1. The molecule has 1 saturated carbocycles. The Kier molecular flexibility index (Phi) is 3.37. The second-order valence-corrected chi connectivity index (χ2v) is 6.39. The summed E-state index contributed by atoms with van der Waals surface area (Å²) in [7, 11) is 0. The van der Waals surface area contributed by atoms with Crippen LogP contribution in [0, 0.1) is 6.92 Å². The molecular weight excluding hydrogens is 284 g/mol. The molecule has 3 rings (SSSR count). The molecule has 1 aromatic heterocycles. The quantitative estimate of drug-likeness (QED) is 0.881. The molecule has 0 unspecified atom stereocenters. The minimum Gasteiger partial charge on any atom is -0.301 e. The molecule has 0 atom stereocenters. The molecule has 1 fully saturated rings. The molecule has 0 radical (unpaired) electrons. The number of hydrogen-bond donors (Lipinski definition) is 1. The van der Waals surface area contributed by atoms with Gasteiger partial charge in [0.25, 0.3) is 0 Å². The van der Waals surface area contributed by atoms with Gasteiger partial charge in [-0.1, -0.05) is 41.7 Å². The van der Waals surface area contributed by atoms with Crippen LogP contribution in [0.4, 0.5) is 5.13 Å². The number of aromatic nitrogens is 1. The van der Waals surface area contributed by atoms with Crippen molar-refractivity contribution in [3.05, 3.63) is 46.5 Å². The van der Waals surface area contributed by atoms with Crippen LogP contribution in [0.1, 0.15) is 40.7 Å². The molecule has 4 nitrogen and oxygen atoms in total. The lowest BCUT2D eigenvalue weighted by Gasteiger charge is -2.14. The van der Waals surface area contributed by atoms with Crippen LogP contribution in [-0.2, 0) is 10.2 Å². The molecule has 2 aromatic rings. The summed E-state index contributed by atoms with van der Waals surface area (Å²) in [4.78, 5) is 28.9. The number of benzene rings is 1. The van der Waals surface area contributed by atoms with Crippen molar-refractivity contribution in [1.29, 1.82) is 0 Å². The highest BCUT2D eigenvalue weighted by atomic mass is 32.1. The Hall–Kier alpha value is -2.01. The maximum Gasteiger partial charge on any atom is 0.236 e. The predicted molar refractivity (Wildman–Crippen MR) is 82.8 cm³/mol. The topological polar surface area (TPSA) is 59.1 Å². The molecule has 0 aliphatic heterocycles. The summed E-state index contributed by atoms with van der Waals surface area (Å²) < 4.78 is 0. The number of rotatable bonds is 4. The van der Waals surface area contributed by atoms with Crippen LogP contribution in [-0.4, -0.2) is 16.7 Å². The molecule has 0 saturated heterocycles. The molecule has 1 heterocycles. The highest BCUT2D eigenvalue weighted by Crippen LogP contribution is 2.49. The Bertz CT molecular complexity index is 702. The van der Waals surface area contributed by atoms with Crippen LogP contribution in [0.25, 0.3) is 0 Å². The zero-order chi connectivity index (χ0) is 15.0. The first kappa shape index (κ1) is 13.9. The summed E-state index contributed by atoms with van der Waals surface area (Å²) in [5.41, 5.74) is 1.30. The zero-order valence-electron chi connectivity index (χ0n) is 12.0. The Balaban J connectivity index is 1.81. The van der Waals surface area contributed by atoms with Gasteiger partial charge in [-0.2, -0.15) is 0 Å². The van der Waals surface area contributed by atoms with E-state index in [1.807, 2.05) is 30.3 Å². The lowest BCUT2D eigenvalue weighted by atomic mass is 9.95. The van der Waals surface area contributed by atoms with Gasteiger partial charge in [-0.05, 0) is 25.3 Å². The third-order valence-electron chi connectivity index (χ3n) is 3.85. The molecular formula is C16H16N2O2S. The van der Waals surface area contributed by atoms with Crippen LogP contribution in [0.15, 0.2) is 30.3 Å². The molecule has 1 aliphatic rings. The van der Waals surface area contributed by atoms with Crippen molar-refractivity contribution >= 4 is 28.2 Å². The maximum absolute atomic E-state index is 12.6. The van der Waals surface area contributed by atoms with Crippen molar-refractivity contribution in [2.45, 2.75) is 32.1 Å². The molecule has 0 bridgehead atoms. The molecule has 5 heteroatoms. The van der Waals surface area contributed by atoms with E-state index in [1.165, 1.54) is 18.3 Å². The van der Waals surface area contributed by atoms with Crippen molar-refractivity contribution in [1.82, 2.24) is 4.98 Å². The Morgan fingerprint density at radius 2 is 1.90 bits per heavy atom. The van der Waals surface area contributed by atoms with Crippen LogP contribution >= 0.6 is 11.3 Å². The highest BCUT2D eigenvalue weighted by molar-refractivity contribution is 7.17. The second-order valence-electron chi connectivity index (χ2n) is 5.39. The summed E-state index contributed by atoms with van der Waals surface area (Å²) >= 11 is 1.24. The Morgan fingerprint density at radius 1 is 1.24 bits per heavy atom. The predicted octanol–water partition coefficient (Wildman–Crippen LogP) is 3.32. The SMILES string of the molecule is CC(=O)c1sc(NC(=O)C2(c3ccccc3)CC2)nc1C. The van der Waals surface area contributed by atoms with E-state index in [4.69, 9.17) is 0 Å². The van der Waals surface area contributed by atoms with E-state index in [1.54, 1.807) is 6.92 Å². The van der Waals surface area contributed by atoms with Gasteiger partial charge >= 0.3 is 0 Å². The molecule has 1 N–H and O–H groups in total. The third kappa shape index (κ3) is 2.49. The van der Waals surface area contributed by atoms with Gasteiger partial charge < -0.3 is 5.32 Å². The first-order valence-corrected chi connectivity index (χ1v) is 7.70. The fraction of sp³-hybridized carbons (Fsp3) is 0.312. The van der Waals surface area contributed by atoms with Gasteiger partial charge in [-0.25, -0.2) is 4.98 Å². The Morgan fingerprint density at radius 3 is 2.43 bits per heavy atom. The van der Waals surface area contributed by atoms with E-state index in [0.717, 1.165) is 18.4 Å². The van der Waals surface area contributed by atoms with E-state index in [9.17, 15) is 9.59 Å². The maximum atomic E-state index is 12.6. The van der Waals surface area contributed by atoms with Crippen molar-refractivity contribution in [2.24, 2.45) is 0 Å². The molecule has 1 aliphatic carbocycles.